The summed E-state index contributed by atoms with van der Waals surface area (Å²) >= 11 is 0. The van der Waals surface area contributed by atoms with E-state index in [1.54, 1.807) is 12.1 Å². The molecule has 1 rings (SSSR count). The van der Waals surface area contributed by atoms with Crippen molar-refractivity contribution < 1.29 is 14.6 Å². The Labute approximate surface area is 185 Å². The molecule has 0 saturated heterocycles. The Morgan fingerprint density at radius 1 is 0.733 bits per heavy atom. The Balaban J connectivity index is 2.26. The predicted molar refractivity (Wildman–Crippen MR) is 126 cm³/mol. The number of nitrogens with zero attached hydrogens (tertiary/aromatic N) is 1. The van der Waals surface area contributed by atoms with Crippen LogP contribution in [0.1, 0.15) is 108 Å². The Kier molecular flexibility index (Phi) is 16.1. The normalized spacial score (nSPS) is 11.2. The van der Waals surface area contributed by atoms with Crippen LogP contribution in [0.4, 0.5) is 0 Å². The molecule has 1 aromatic rings. The van der Waals surface area contributed by atoms with Crippen molar-refractivity contribution in [1.29, 1.82) is 0 Å². The lowest BCUT2D eigenvalue weighted by atomic mass is 10.1. The van der Waals surface area contributed by atoms with Gasteiger partial charge in [-0.25, -0.2) is 4.79 Å². The minimum absolute atomic E-state index is 0.159. The summed E-state index contributed by atoms with van der Waals surface area (Å²) in [5, 5.41) is 9.32. The van der Waals surface area contributed by atoms with Crippen LogP contribution in [-0.4, -0.2) is 42.2 Å². The van der Waals surface area contributed by atoms with Crippen LogP contribution in [-0.2, 0) is 4.74 Å². The van der Waals surface area contributed by atoms with Crippen LogP contribution >= 0.6 is 0 Å². The van der Waals surface area contributed by atoms with Gasteiger partial charge in [-0.1, -0.05) is 78.1 Å². The summed E-state index contributed by atoms with van der Waals surface area (Å²) in [6.45, 7) is 8.28. The fourth-order valence-electron chi connectivity index (χ4n) is 3.70. The lowest BCUT2D eigenvalue weighted by Crippen LogP contribution is -2.28. The summed E-state index contributed by atoms with van der Waals surface area (Å²) in [5.41, 5.74) is 0.490. The number of hydrogen-bond acceptors (Lipinski definition) is 4. The van der Waals surface area contributed by atoms with Gasteiger partial charge in [0.1, 0.15) is 5.75 Å². The first-order valence-electron chi connectivity index (χ1n) is 12.4. The minimum Gasteiger partial charge on any atom is -0.508 e. The van der Waals surface area contributed by atoms with Crippen LogP contribution in [0.3, 0.4) is 0 Å². The molecule has 0 aliphatic rings. The lowest BCUT2D eigenvalue weighted by molar-refractivity contribution is 0.0487. The first-order chi connectivity index (χ1) is 14.7. The average Bonchev–Trinajstić information content (AvgIpc) is 2.75. The van der Waals surface area contributed by atoms with Crippen LogP contribution in [0, 0.1) is 0 Å². The van der Waals surface area contributed by atoms with Crippen molar-refractivity contribution in [3.8, 4) is 5.75 Å². The van der Waals surface area contributed by atoms with Gasteiger partial charge in [0.05, 0.1) is 12.2 Å². The van der Waals surface area contributed by atoms with Gasteiger partial charge in [0, 0.05) is 6.54 Å². The van der Waals surface area contributed by atoms with E-state index in [1.807, 2.05) is 0 Å². The Morgan fingerprint density at radius 2 is 1.20 bits per heavy atom. The van der Waals surface area contributed by atoms with Crippen molar-refractivity contribution in [2.45, 2.75) is 97.3 Å². The monoisotopic (exact) mass is 419 g/mol. The molecule has 172 valence electrons. The first-order valence-corrected chi connectivity index (χ1v) is 12.4. The molecule has 0 radical (unpaired) electrons. The maximum Gasteiger partial charge on any atom is 0.338 e. The second-order valence-electron chi connectivity index (χ2n) is 8.41. The van der Waals surface area contributed by atoms with Crippen molar-refractivity contribution in [3.63, 3.8) is 0 Å². The maximum atomic E-state index is 12.1. The number of esters is 1. The number of carbonyl (C=O) groups is 1. The molecular formula is C26H45NO3. The summed E-state index contributed by atoms with van der Waals surface area (Å²) in [5.74, 6) is -0.153. The zero-order valence-electron chi connectivity index (χ0n) is 19.5. The molecule has 4 nitrogen and oxygen atoms in total. The smallest absolute Gasteiger partial charge is 0.338 e. The number of benzene rings is 1. The quantitative estimate of drug-likeness (QED) is 0.194. The summed E-state index contributed by atoms with van der Waals surface area (Å²) in [6, 6.07) is 6.22. The summed E-state index contributed by atoms with van der Waals surface area (Å²) < 4.78 is 5.41. The molecule has 1 aromatic carbocycles. The van der Waals surface area contributed by atoms with E-state index in [2.05, 4.69) is 18.7 Å². The van der Waals surface area contributed by atoms with Gasteiger partial charge >= 0.3 is 5.97 Å². The number of hydrogen-bond donors (Lipinski definition) is 1. The molecule has 0 aromatic heterocycles. The highest BCUT2D eigenvalue weighted by Gasteiger charge is 2.09. The Bertz CT molecular complexity index is 514. The highest BCUT2D eigenvalue weighted by molar-refractivity contribution is 5.89. The number of rotatable bonds is 19. The zero-order valence-corrected chi connectivity index (χ0v) is 19.5. The van der Waals surface area contributed by atoms with Gasteiger partial charge in [-0.05, 0) is 56.6 Å². The van der Waals surface area contributed by atoms with E-state index in [4.69, 9.17) is 4.74 Å². The van der Waals surface area contributed by atoms with E-state index in [9.17, 15) is 9.90 Å². The molecule has 0 aliphatic heterocycles. The van der Waals surface area contributed by atoms with Gasteiger partial charge in [0.25, 0.3) is 0 Å². The highest BCUT2D eigenvalue weighted by Crippen LogP contribution is 2.12. The topological polar surface area (TPSA) is 49.8 Å². The third-order valence-electron chi connectivity index (χ3n) is 5.61. The number of unbranched alkanes of at least 4 members (excludes halogenated alkanes) is 10. The number of ether oxygens (including phenoxy) is 1. The second kappa shape index (κ2) is 18.2. The lowest BCUT2D eigenvalue weighted by Gasteiger charge is -2.22. The van der Waals surface area contributed by atoms with Crippen molar-refractivity contribution in [3.05, 3.63) is 29.8 Å². The minimum atomic E-state index is -0.312. The fourth-order valence-corrected chi connectivity index (χ4v) is 3.70. The number of phenolic OH excluding ortho intramolecular Hbond substituents is 1. The van der Waals surface area contributed by atoms with E-state index in [-0.39, 0.29) is 11.7 Å². The molecule has 30 heavy (non-hydrogen) atoms. The highest BCUT2D eigenvalue weighted by atomic mass is 16.5. The fraction of sp³-hybridized carbons (Fsp3) is 0.731. The van der Waals surface area contributed by atoms with E-state index in [1.165, 1.54) is 89.2 Å². The van der Waals surface area contributed by atoms with E-state index in [0.717, 1.165) is 26.1 Å². The van der Waals surface area contributed by atoms with Crippen LogP contribution < -0.4 is 0 Å². The maximum absolute atomic E-state index is 12.1. The molecular weight excluding hydrogens is 374 g/mol. The number of carbonyl (C=O) groups excluding carboxylic acids is 1. The van der Waals surface area contributed by atoms with Gasteiger partial charge in [-0.15, -0.1) is 0 Å². The molecule has 0 saturated carbocycles. The standard InChI is InChI=1S/C26H45NO3/c1-3-5-7-9-11-13-20-27(21-14-12-10-8-6-4-2)22-15-23-30-26(29)24-16-18-25(28)19-17-24/h16-19,28H,3-15,20-23H2,1-2H3. The van der Waals surface area contributed by atoms with Crippen molar-refractivity contribution in [1.82, 2.24) is 4.90 Å². The molecule has 4 heteroatoms. The second-order valence-corrected chi connectivity index (χ2v) is 8.41. The Hall–Kier alpha value is -1.55. The molecule has 0 atom stereocenters. The molecule has 0 bridgehead atoms. The SMILES string of the molecule is CCCCCCCCN(CCCCCCCC)CCCOC(=O)c1ccc(O)cc1. The third-order valence-corrected chi connectivity index (χ3v) is 5.61. The molecule has 0 spiro atoms. The van der Waals surface area contributed by atoms with Crippen LogP contribution in [0.15, 0.2) is 24.3 Å². The van der Waals surface area contributed by atoms with E-state index in [0.29, 0.717) is 12.2 Å². The van der Waals surface area contributed by atoms with Crippen molar-refractivity contribution >= 4 is 5.97 Å². The number of aromatic hydroxyl groups is 1. The Morgan fingerprint density at radius 3 is 1.73 bits per heavy atom. The average molecular weight is 420 g/mol. The summed E-state index contributed by atoms with van der Waals surface area (Å²) in [6.07, 6.45) is 16.8. The molecule has 0 fully saturated rings. The largest absolute Gasteiger partial charge is 0.508 e. The molecule has 0 amide bonds. The van der Waals surface area contributed by atoms with Crippen molar-refractivity contribution in [2.24, 2.45) is 0 Å². The first kappa shape index (κ1) is 26.5. The van der Waals surface area contributed by atoms with E-state index >= 15 is 0 Å². The number of phenols is 1. The molecule has 0 aliphatic carbocycles. The van der Waals surface area contributed by atoms with Gasteiger partial charge in [0.15, 0.2) is 0 Å². The molecule has 0 unspecified atom stereocenters. The van der Waals surface area contributed by atoms with Gasteiger partial charge in [-0.2, -0.15) is 0 Å². The van der Waals surface area contributed by atoms with Gasteiger partial charge < -0.3 is 14.7 Å². The predicted octanol–water partition coefficient (Wildman–Crippen LogP) is 6.96. The van der Waals surface area contributed by atoms with E-state index < -0.39 is 0 Å². The van der Waals surface area contributed by atoms with Gasteiger partial charge in [0.2, 0.25) is 0 Å². The van der Waals surface area contributed by atoms with Crippen LogP contribution in [0.5, 0.6) is 5.75 Å². The van der Waals surface area contributed by atoms with Crippen molar-refractivity contribution in [2.75, 3.05) is 26.2 Å². The van der Waals surface area contributed by atoms with Gasteiger partial charge in [-0.3, -0.25) is 0 Å². The van der Waals surface area contributed by atoms with Crippen LogP contribution in [0.2, 0.25) is 0 Å². The molecule has 0 heterocycles. The molecule has 1 N–H and O–H groups in total. The zero-order chi connectivity index (χ0) is 21.9. The summed E-state index contributed by atoms with van der Waals surface area (Å²) in [4.78, 5) is 14.6. The third kappa shape index (κ3) is 13.6. The van der Waals surface area contributed by atoms with Crippen LogP contribution in [0.25, 0.3) is 0 Å². The summed E-state index contributed by atoms with van der Waals surface area (Å²) in [7, 11) is 0.